The second kappa shape index (κ2) is 8.80. The van der Waals surface area contributed by atoms with Crippen molar-refractivity contribution in [1.82, 2.24) is 9.80 Å². The Labute approximate surface area is 137 Å². The van der Waals surface area contributed by atoms with Crippen LogP contribution in [-0.4, -0.2) is 80.1 Å². The Balaban J connectivity index is 1.44. The molecule has 0 spiro atoms. The van der Waals surface area contributed by atoms with Gasteiger partial charge < -0.3 is 19.0 Å². The normalized spacial score (nSPS) is 25.5. The van der Waals surface area contributed by atoms with Gasteiger partial charge in [0.1, 0.15) is 11.9 Å². The van der Waals surface area contributed by atoms with Gasteiger partial charge >= 0.3 is 0 Å². The lowest BCUT2D eigenvalue weighted by Crippen LogP contribution is -2.47. The van der Waals surface area contributed by atoms with E-state index in [1.807, 2.05) is 12.1 Å². The van der Waals surface area contributed by atoms with Crippen LogP contribution in [0.4, 0.5) is 0 Å². The third kappa shape index (κ3) is 5.02. The van der Waals surface area contributed by atoms with E-state index in [4.69, 9.17) is 13.9 Å². The maximum absolute atomic E-state index is 10.3. The van der Waals surface area contributed by atoms with Gasteiger partial charge in [0.25, 0.3) is 0 Å². The first-order valence-corrected chi connectivity index (χ1v) is 8.66. The average Bonchev–Trinajstić information content (AvgIpc) is 3.12. The summed E-state index contributed by atoms with van der Waals surface area (Å²) < 4.78 is 16.3. The first kappa shape index (κ1) is 16.9. The van der Waals surface area contributed by atoms with Crippen molar-refractivity contribution in [2.75, 3.05) is 59.2 Å². The zero-order chi connectivity index (χ0) is 15.9. The van der Waals surface area contributed by atoms with Crippen LogP contribution >= 0.6 is 0 Å². The lowest BCUT2D eigenvalue weighted by Gasteiger charge is -2.37. The molecule has 2 atom stereocenters. The van der Waals surface area contributed by atoms with E-state index in [0.29, 0.717) is 18.8 Å². The van der Waals surface area contributed by atoms with Crippen molar-refractivity contribution in [2.24, 2.45) is 0 Å². The number of rotatable bonds is 7. The summed E-state index contributed by atoms with van der Waals surface area (Å²) in [6.45, 7) is 8.39. The molecule has 0 aromatic carbocycles. The number of hydrogen-bond acceptors (Lipinski definition) is 6. The van der Waals surface area contributed by atoms with Gasteiger partial charge in [-0.15, -0.1) is 0 Å². The van der Waals surface area contributed by atoms with Crippen LogP contribution in [0.3, 0.4) is 0 Å². The Kier molecular flexibility index (Phi) is 6.47. The van der Waals surface area contributed by atoms with Crippen LogP contribution in [0.1, 0.15) is 24.7 Å². The maximum Gasteiger partial charge on any atom is 0.132 e. The number of aliphatic hydroxyl groups is 1. The molecule has 23 heavy (non-hydrogen) atoms. The smallest absolute Gasteiger partial charge is 0.132 e. The Hall–Kier alpha value is -0.920. The van der Waals surface area contributed by atoms with Gasteiger partial charge in [0, 0.05) is 25.7 Å². The van der Waals surface area contributed by atoms with Gasteiger partial charge in [0.2, 0.25) is 0 Å². The zero-order valence-corrected chi connectivity index (χ0v) is 13.7. The van der Waals surface area contributed by atoms with E-state index < -0.39 is 6.10 Å². The Morgan fingerprint density at radius 2 is 1.96 bits per heavy atom. The van der Waals surface area contributed by atoms with E-state index in [1.165, 1.54) is 0 Å². The van der Waals surface area contributed by atoms with Crippen molar-refractivity contribution in [3.63, 3.8) is 0 Å². The number of morpholine rings is 2. The topological polar surface area (TPSA) is 58.3 Å². The van der Waals surface area contributed by atoms with E-state index in [0.717, 1.165) is 59.0 Å². The summed E-state index contributed by atoms with van der Waals surface area (Å²) in [5, 5.41) is 10.3. The number of aliphatic hydroxyl groups excluding tert-OH is 1. The van der Waals surface area contributed by atoms with Crippen molar-refractivity contribution in [2.45, 2.75) is 25.0 Å². The summed E-state index contributed by atoms with van der Waals surface area (Å²) in [6.07, 6.45) is 2.85. The van der Waals surface area contributed by atoms with E-state index in [9.17, 15) is 5.11 Å². The molecule has 2 fully saturated rings. The predicted octanol–water partition coefficient (Wildman–Crippen LogP) is 1.13. The molecule has 0 aliphatic carbocycles. The maximum atomic E-state index is 10.3. The van der Waals surface area contributed by atoms with Crippen molar-refractivity contribution in [1.29, 1.82) is 0 Å². The molecule has 1 N–H and O–H groups in total. The summed E-state index contributed by atoms with van der Waals surface area (Å²) in [7, 11) is 0. The van der Waals surface area contributed by atoms with Crippen molar-refractivity contribution < 1.29 is 19.0 Å². The standard InChI is InChI=1S/C17H28N2O4/c20-16(17-3-1-9-23-17)13-15-14-22-12-8-19(15)5-2-4-18-6-10-21-11-7-18/h1,3,9,15-16,20H,2,4-8,10-14H2. The Morgan fingerprint density at radius 1 is 1.13 bits per heavy atom. The number of hydrogen-bond donors (Lipinski definition) is 1. The molecule has 1 aromatic rings. The summed E-state index contributed by atoms with van der Waals surface area (Å²) in [5.41, 5.74) is 0. The largest absolute Gasteiger partial charge is 0.467 e. The number of furan rings is 1. The molecule has 2 unspecified atom stereocenters. The van der Waals surface area contributed by atoms with Gasteiger partial charge in [-0.05, 0) is 38.1 Å². The van der Waals surface area contributed by atoms with Crippen molar-refractivity contribution in [3.05, 3.63) is 24.2 Å². The third-order valence-corrected chi connectivity index (χ3v) is 4.74. The second-order valence-electron chi connectivity index (χ2n) is 6.34. The second-order valence-corrected chi connectivity index (χ2v) is 6.34. The van der Waals surface area contributed by atoms with Crippen LogP contribution in [0.15, 0.2) is 22.8 Å². The zero-order valence-electron chi connectivity index (χ0n) is 13.7. The monoisotopic (exact) mass is 324 g/mol. The minimum Gasteiger partial charge on any atom is -0.467 e. The molecular formula is C17H28N2O4. The van der Waals surface area contributed by atoms with Crippen molar-refractivity contribution >= 4 is 0 Å². The highest BCUT2D eigenvalue weighted by molar-refractivity contribution is 5.02. The lowest BCUT2D eigenvalue weighted by molar-refractivity contribution is -0.0308. The molecule has 6 heteroatoms. The average molecular weight is 324 g/mol. The minimum absolute atomic E-state index is 0.258. The Morgan fingerprint density at radius 3 is 2.74 bits per heavy atom. The van der Waals surface area contributed by atoms with Crippen LogP contribution in [0.2, 0.25) is 0 Å². The van der Waals surface area contributed by atoms with Gasteiger partial charge in [-0.3, -0.25) is 9.80 Å². The van der Waals surface area contributed by atoms with E-state index in [2.05, 4.69) is 9.80 Å². The molecule has 3 heterocycles. The fraction of sp³-hybridized carbons (Fsp3) is 0.765. The molecule has 2 aliphatic rings. The van der Waals surface area contributed by atoms with Gasteiger partial charge in [-0.25, -0.2) is 0 Å². The van der Waals surface area contributed by atoms with Crippen molar-refractivity contribution in [3.8, 4) is 0 Å². The molecule has 0 saturated carbocycles. The van der Waals surface area contributed by atoms with Crippen LogP contribution in [-0.2, 0) is 9.47 Å². The highest BCUT2D eigenvalue weighted by Gasteiger charge is 2.26. The first-order chi connectivity index (χ1) is 11.3. The summed E-state index contributed by atoms with van der Waals surface area (Å²) in [4.78, 5) is 4.92. The van der Waals surface area contributed by atoms with E-state index in [-0.39, 0.29) is 6.04 Å². The van der Waals surface area contributed by atoms with Gasteiger partial charge in [-0.2, -0.15) is 0 Å². The molecule has 130 valence electrons. The number of nitrogens with zero attached hydrogens (tertiary/aromatic N) is 2. The fourth-order valence-corrected chi connectivity index (χ4v) is 3.38. The summed E-state index contributed by atoms with van der Waals surface area (Å²) >= 11 is 0. The van der Waals surface area contributed by atoms with Gasteiger partial charge in [0.15, 0.2) is 0 Å². The van der Waals surface area contributed by atoms with Crippen LogP contribution < -0.4 is 0 Å². The van der Waals surface area contributed by atoms with Gasteiger partial charge in [0.05, 0.1) is 32.7 Å². The highest BCUT2D eigenvalue weighted by Crippen LogP contribution is 2.23. The molecule has 1 aromatic heterocycles. The van der Waals surface area contributed by atoms with E-state index in [1.54, 1.807) is 6.26 Å². The predicted molar refractivity (Wildman–Crippen MR) is 86.3 cm³/mol. The van der Waals surface area contributed by atoms with Crippen LogP contribution in [0.25, 0.3) is 0 Å². The summed E-state index contributed by atoms with van der Waals surface area (Å²) in [6, 6.07) is 3.90. The third-order valence-electron chi connectivity index (χ3n) is 4.74. The minimum atomic E-state index is -0.557. The lowest BCUT2D eigenvalue weighted by atomic mass is 10.1. The molecule has 2 aliphatic heterocycles. The van der Waals surface area contributed by atoms with Gasteiger partial charge in [-0.1, -0.05) is 0 Å². The quantitative estimate of drug-likeness (QED) is 0.811. The Bertz CT molecular complexity index is 434. The fourth-order valence-electron chi connectivity index (χ4n) is 3.38. The molecule has 3 rings (SSSR count). The molecule has 0 amide bonds. The SMILES string of the molecule is OC(CC1COCCN1CCCN1CCOCC1)c1ccco1. The summed E-state index contributed by atoms with van der Waals surface area (Å²) in [5.74, 6) is 0.642. The van der Waals surface area contributed by atoms with E-state index >= 15 is 0 Å². The van der Waals surface area contributed by atoms with Crippen LogP contribution in [0.5, 0.6) is 0 Å². The molecular weight excluding hydrogens is 296 g/mol. The molecule has 6 nitrogen and oxygen atoms in total. The number of ether oxygens (including phenoxy) is 2. The molecule has 0 radical (unpaired) electrons. The first-order valence-electron chi connectivity index (χ1n) is 8.66. The molecule has 2 saturated heterocycles. The molecule has 0 bridgehead atoms. The van der Waals surface area contributed by atoms with Crippen LogP contribution in [0, 0.1) is 0 Å². The highest BCUT2D eigenvalue weighted by atomic mass is 16.5.